The Kier molecular flexibility index (Phi) is 3.76. The van der Waals surface area contributed by atoms with E-state index in [0.717, 1.165) is 5.02 Å². The lowest BCUT2D eigenvalue weighted by molar-refractivity contribution is 0.443. The van der Waals surface area contributed by atoms with Gasteiger partial charge in [0.1, 0.15) is 0 Å². The molecule has 0 saturated carbocycles. The number of halogens is 1. The molecule has 1 rings (SSSR count). The number of rotatable bonds is 3. The maximum absolute atomic E-state index is 5.82. The molecule has 0 bridgehead atoms. The molecular formula is C11H16ClN. The van der Waals surface area contributed by atoms with E-state index in [1.54, 1.807) is 0 Å². The van der Waals surface area contributed by atoms with E-state index in [4.69, 9.17) is 11.6 Å². The molecule has 1 aromatic carbocycles. The fraction of sp³-hybridized carbons (Fsp3) is 0.455. The van der Waals surface area contributed by atoms with Gasteiger partial charge in [-0.1, -0.05) is 37.6 Å². The molecule has 0 spiro atoms. The largest absolute Gasteiger partial charge is 0.313 e. The van der Waals surface area contributed by atoms with Crippen LogP contribution in [0.15, 0.2) is 24.3 Å². The summed E-state index contributed by atoms with van der Waals surface area (Å²) in [5.74, 6) is 0.589. The first-order valence-electron chi connectivity index (χ1n) is 4.58. The third kappa shape index (κ3) is 2.71. The van der Waals surface area contributed by atoms with Crippen molar-refractivity contribution in [2.75, 3.05) is 7.05 Å². The highest BCUT2D eigenvalue weighted by molar-refractivity contribution is 6.30. The van der Waals surface area contributed by atoms with Gasteiger partial charge in [-0.15, -0.1) is 0 Å². The maximum atomic E-state index is 5.82. The molecule has 0 aliphatic rings. The fourth-order valence-corrected chi connectivity index (χ4v) is 1.68. The molecule has 0 aliphatic heterocycles. The molecule has 2 heteroatoms. The van der Waals surface area contributed by atoms with Crippen molar-refractivity contribution in [2.45, 2.75) is 19.9 Å². The summed E-state index contributed by atoms with van der Waals surface area (Å²) in [7, 11) is 1.99. The lowest BCUT2D eigenvalue weighted by Crippen LogP contribution is -2.21. The molecule has 1 N–H and O–H groups in total. The summed E-state index contributed by atoms with van der Waals surface area (Å²) >= 11 is 5.82. The Morgan fingerprint density at radius 1 is 1.15 bits per heavy atom. The summed E-state index contributed by atoms with van der Waals surface area (Å²) in [4.78, 5) is 0. The monoisotopic (exact) mass is 197 g/mol. The predicted octanol–water partition coefficient (Wildman–Crippen LogP) is 3.26. The number of hydrogen-bond acceptors (Lipinski definition) is 1. The minimum absolute atomic E-state index is 0.414. The van der Waals surface area contributed by atoms with Crippen molar-refractivity contribution in [3.63, 3.8) is 0 Å². The Bertz CT molecular complexity index is 253. The van der Waals surface area contributed by atoms with E-state index in [1.807, 2.05) is 19.2 Å². The normalized spacial score (nSPS) is 13.3. The molecule has 0 fully saturated rings. The van der Waals surface area contributed by atoms with Crippen LogP contribution in [-0.4, -0.2) is 7.05 Å². The van der Waals surface area contributed by atoms with Gasteiger partial charge >= 0.3 is 0 Å². The van der Waals surface area contributed by atoms with E-state index < -0.39 is 0 Å². The minimum Gasteiger partial charge on any atom is -0.313 e. The van der Waals surface area contributed by atoms with Gasteiger partial charge in [-0.2, -0.15) is 0 Å². The summed E-state index contributed by atoms with van der Waals surface area (Å²) in [6, 6.07) is 8.43. The lowest BCUT2D eigenvalue weighted by atomic mass is 9.96. The van der Waals surface area contributed by atoms with Gasteiger partial charge in [0, 0.05) is 11.1 Å². The van der Waals surface area contributed by atoms with Gasteiger partial charge in [0.05, 0.1) is 0 Å². The van der Waals surface area contributed by atoms with Crippen LogP contribution in [0.4, 0.5) is 0 Å². The van der Waals surface area contributed by atoms with Gasteiger partial charge in [-0.25, -0.2) is 0 Å². The molecule has 13 heavy (non-hydrogen) atoms. The summed E-state index contributed by atoms with van der Waals surface area (Å²) < 4.78 is 0. The molecule has 0 radical (unpaired) electrons. The zero-order chi connectivity index (χ0) is 9.84. The summed E-state index contributed by atoms with van der Waals surface area (Å²) in [5.41, 5.74) is 1.29. The van der Waals surface area contributed by atoms with Crippen LogP contribution in [0.3, 0.4) is 0 Å². The first kappa shape index (κ1) is 10.6. The van der Waals surface area contributed by atoms with Crippen LogP contribution in [0.2, 0.25) is 5.02 Å². The van der Waals surface area contributed by atoms with E-state index in [-0.39, 0.29) is 0 Å². The second-order valence-electron chi connectivity index (χ2n) is 3.56. The first-order valence-corrected chi connectivity index (χ1v) is 4.95. The Hall–Kier alpha value is -0.530. The van der Waals surface area contributed by atoms with Crippen molar-refractivity contribution in [2.24, 2.45) is 5.92 Å². The number of nitrogens with one attached hydrogen (secondary N) is 1. The molecular weight excluding hydrogens is 182 g/mol. The second-order valence-corrected chi connectivity index (χ2v) is 4.00. The van der Waals surface area contributed by atoms with Crippen LogP contribution in [0.1, 0.15) is 25.5 Å². The molecule has 1 nitrogen and oxygen atoms in total. The van der Waals surface area contributed by atoms with E-state index in [0.29, 0.717) is 12.0 Å². The Morgan fingerprint density at radius 3 is 2.08 bits per heavy atom. The SMILES string of the molecule is CN[C@H](c1ccc(Cl)cc1)C(C)C. The van der Waals surface area contributed by atoms with Gasteiger partial charge < -0.3 is 5.32 Å². The average Bonchev–Trinajstić information content (AvgIpc) is 2.09. The molecule has 0 aliphatic carbocycles. The van der Waals surface area contributed by atoms with Crippen LogP contribution < -0.4 is 5.32 Å². The highest BCUT2D eigenvalue weighted by atomic mass is 35.5. The maximum Gasteiger partial charge on any atom is 0.0406 e. The van der Waals surface area contributed by atoms with Gasteiger partial charge in [-0.3, -0.25) is 0 Å². The van der Waals surface area contributed by atoms with Crippen LogP contribution in [0.25, 0.3) is 0 Å². The number of benzene rings is 1. The topological polar surface area (TPSA) is 12.0 Å². The zero-order valence-electron chi connectivity index (χ0n) is 8.34. The van der Waals surface area contributed by atoms with Crippen molar-refractivity contribution in [1.82, 2.24) is 5.32 Å². The van der Waals surface area contributed by atoms with E-state index in [9.17, 15) is 0 Å². The smallest absolute Gasteiger partial charge is 0.0406 e. The van der Waals surface area contributed by atoms with Gasteiger partial charge in [0.2, 0.25) is 0 Å². The molecule has 1 atom stereocenters. The van der Waals surface area contributed by atoms with Crippen LogP contribution >= 0.6 is 11.6 Å². The van der Waals surface area contributed by atoms with Crippen LogP contribution in [0.5, 0.6) is 0 Å². The first-order chi connectivity index (χ1) is 6.15. The van der Waals surface area contributed by atoms with Crippen molar-refractivity contribution < 1.29 is 0 Å². The molecule has 72 valence electrons. The van der Waals surface area contributed by atoms with E-state index >= 15 is 0 Å². The van der Waals surface area contributed by atoms with E-state index in [1.165, 1.54) is 5.56 Å². The second kappa shape index (κ2) is 4.64. The molecule has 0 heterocycles. The third-order valence-corrected chi connectivity index (χ3v) is 2.46. The van der Waals surface area contributed by atoms with Crippen molar-refractivity contribution in [3.05, 3.63) is 34.9 Å². The average molecular weight is 198 g/mol. The molecule has 0 amide bonds. The summed E-state index contributed by atoms with van der Waals surface area (Å²) in [5, 5.41) is 4.09. The van der Waals surface area contributed by atoms with Crippen LogP contribution in [-0.2, 0) is 0 Å². The third-order valence-electron chi connectivity index (χ3n) is 2.21. The highest BCUT2D eigenvalue weighted by Gasteiger charge is 2.12. The van der Waals surface area contributed by atoms with Gasteiger partial charge in [0.15, 0.2) is 0 Å². The summed E-state index contributed by atoms with van der Waals surface area (Å²) in [6.07, 6.45) is 0. The highest BCUT2D eigenvalue weighted by Crippen LogP contribution is 2.22. The van der Waals surface area contributed by atoms with Crippen molar-refractivity contribution in [3.8, 4) is 0 Å². The quantitative estimate of drug-likeness (QED) is 0.785. The molecule has 0 unspecified atom stereocenters. The standard InChI is InChI=1S/C11H16ClN/c1-8(2)11(13-3)9-4-6-10(12)7-5-9/h4-8,11,13H,1-3H3/t11-/m0/s1. The molecule has 0 aromatic heterocycles. The Morgan fingerprint density at radius 2 is 1.69 bits per heavy atom. The molecule has 1 aromatic rings. The Balaban J connectivity index is 2.86. The minimum atomic E-state index is 0.414. The Labute approximate surface area is 85.1 Å². The van der Waals surface area contributed by atoms with Crippen LogP contribution in [0, 0.1) is 5.92 Å². The molecule has 0 saturated heterocycles. The van der Waals surface area contributed by atoms with E-state index in [2.05, 4.69) is 31.3 Å². The van der Waals surface area contributed by atoms with Gasteiger partial charge in [0.25, 0.3) is 0 Å². The number of hydrogen-bond donors (Lipinski definition) is 1. The van der Waals surface area contributed by atoms with Gasteiger partial charge in [-0.05, 0) is 30.7 Å². The lowest BCUT2D eigenvalue weighted by Gasteiger charge is -2.20. The zero-order valence-corrected chi connectivity index (χ0v) is 9.10. The fourth-order valence-electron chi connectivity index (χ4n) is 1.56. The van der Waals surface area contributed by atoms with Crippen molar-refractivity contribution in [1.29, 1.82) is 0 Å². The predicted molar refractivity (Wildman–Crippen MR) is 58.1 cm³/mol. The van der Waals surface area contributed by atoms with Crippen molar-refractivity contribution >= 4 is 11.6 Å². The summed E-state index contributed by atoms with van der Waals surface area (Å²) in [6.45, 7) is 4.41.